The van der Waals surface area contributed by atoms with Crippen molar-refractivity contribution in [3.8, 4) is 0 Å². The lowest BCUT2D eigenvalue weighted by atomic mass is 10.3. The topological polar surface area (TPSA) is 41.0 Å². The van der Waals surface area contributed by atoms with Gasteiger partial charge in [-0.15, -0.1) is 0 Å². The van der Waals surface area contributed by atoms with Crippen molar-refractivity contribution in [3.05, 3.63) is 42.7 Å². The monoisotopic (exact) mass is 228 g/mol. The highest BCUT2D eigenvalue weighted by Crippen LogP contribution is 2.23. The van der Waals surface area contributed by atoms with Gasteiger partial charge in [0.05, 0.1) is 0 Å². The van der Waals surface area contributed by atoms with Crippen LogP contribution in [0.2, 0.25) is 0 Å². The summed E-state index contributed by atoms with van der Waals surface area (Å²) in [5.74, 6) is 1.72. The number of hydrogen-bond acceptors (Lipinski definition) is 4. The third kappa shape index (κ3) is 2.53. The van der Waals surface area contributed by atoms with Crippen molar-refractivity contribution >= 4 is 17.3 Å². The molecule has 0 radical (unpaired) electrons. The minimum atomic E-state index is 0.824. The van der Waals surface area contributed by atoms with Crippen molar-refractivity contribution in [3.63, 3.8) is 0 Å². The van der Waals surface area contributed by atoms with Crippen molar-refractivity contribution in [2.24, 2.45) is 0 Å². The number of aromatic nitrogens is 2. The Hall–Kier alpha value is -2.10. The van der Waals surface area contributed by atoms with Gasteiger partial charge in [0.25, 0.3) is 0 Å². The molecule has 0 aliphatic heterocycles. The highest BCUT2D eigenvalue weighted by atomic mass is 15.2. The van der Waals surface area contributed by atoms with Gasteiger partial charge in [0, 0.05) is 25.3 Å². The van der Waals surface area contributed by atoms with Crippen LogP contribution in [0.5, 0.6) is 0 Å². The van der Waals surface area contributed by atoms with Gasteiger partial charge in [0.1, 0.15) is 18.0 Å². The number of nitrogens with zero attached hydrogens (tertiary/aromatic N) is 3. The minimum Gasteiger partial charge on any atom is -0.373 e. The van der Waals surface area contributed by atoms with Gasteiger partial charge in [-0.05, 0) is 19.1 Å². The lowest BCUT2D eigenvalue weighted by Gasteiger charge is -2.22. The third-order valence-electron chi connectivity index (χ3n) is 2.57. The Kier molecular flexibility index (Phi) is 3.55. The Morgan fingerprint density at radius 3 is 2.59 bits per heavy atom. The molecule has 1 N–H and O–H groups in total. The molecule has 4 nitrogen and oxygen atoms in total. The van der Waals surface area contributed by atoms with Gasteiger partial charge in [-0.1, -0.05) is 18.2 Å². The Balaban J connectivity index is 2.35. The Morgan fingerprint density at radius 2 is 1.94 bits per heavy atom. The van der Waals surface area contributed by atoms with E-state index in [1.807, 2.05) is 31.3 Å². The van der Waals surface area contributed by atoms with Crippen LogP contribution in [0.4, 0.5) is 17.3 Å². The van der Waals surface area contributed by atoms with E-state index in [-0.39, 0.29) is 0 Å². The van der Waals surface area contributed by atoms with E-state index in [0.29, 0.717) is 0 Å². The van der Waals surface area contributed by atoms with Gasteiger partial charge < -0.3 is 10.2 Å². The second-order valence-corrected chi connectivity index (χ2v) is 3.59. The van der Waals surface area contributed by atoms with Crippen molar-refractivity contribution in [2.45, 2.75) is 6.92 Å². The molecule has 17 heavy (non-hydrogen) atoms. The van der Waals surface area contributed by atoms with E-state index in [1.54, 1.807) is 6.33 Å². The molecule has 0 aliphatic carbocycles. The van der Waals surface area contributed by atoms with E-state index in [4.69, 9.17) is 0 Å². The van der Waals surface area contributed by atoms with Gasteiger partial charge in [-0.3, -0.25) is 0 Å². The molecule has 4 heteroatoms. The van der Waals surface area contributed by atoms with Crippen LogP contribution in [0.25, 0.3) is 0 Å². The largest absolute Gasteiger partial charge is 0.373 e. The van der Waals surface area contributed by atoms with Crippen molar-refractivity contribution in [1.82, 2.24) is 9.97 Å². The predicted molar refractivity (Wildman–Crippen MR) is 70.7 cm³/mol. The Morgan fingerprint density at radius 1 is 1.18 bits per heavy atom. The number of para-hydroxylation sites is 1. The number of anilines is 3. The number of rotatable bonds is 4. The molecule has 0 aliphatic rings. The van der Waals surface area contributed by atoms with Gasteiger partial charge >= 0.3 is 0 Å². The van der Waals surface area contributed by atoms with Crippen LogP contribution in [0.1, 0.15) is 6.92 Å². The first kappa shape index (κ1) is 11.4. The van der Waals surface area contributed by atoms with E-state index in [9.17, 15) is 0 Å². The molecular formula is C13H16N4. The summed E-state index contributed by atoms with van der Waals surface area (Å²) < 4.78 is 0. The van der Waals surface area contributed by atoms with E-state index >= 15 is 0 Å². The van der Waals surface area contributed by atoms with E-state index in [1.165, 1.54) is 0 Å². The zero-order valence-electron chi connectivity index (χ0n) is 10.1. The molecule has 88 valence electrons. The zero-order valence-corrected chi connectivity index (χ0v) is 10.1. The van der Waals surface area contributed by atoms with Crippen LogP contribution in [-0.2, 0) is 0 Å². The second-order valence-electron chi connectivity index (χ2n) is 3.59. The van der Waals surface area contributed by atoms with E-state index in [0.717, 1.165) is 23.9 Å². The van der Waals surface area contributed by atoms with Crippen LogP contribution in [0.15, 0.2) is 42.7 Å². The van der Waals surface area contributed by atoms with Gasteiger partial charge in [0.15, 0.2) is 0 Å². The minimum absolute atomic E-state index is 0.824. The Bertz CT molecular complexity index is 470. The number of benzene rings is 1. The smallest absolute Gasteiger partial charge is 0.138 e. The summed E-state index contributed by atoms with van der Waals surface area (Å²) in [5.41, 5.74) is 1.13. The van der Waals surface area contributed by atoms with Crippen molar-refractivity contribution in [2.75, 3.05) is 23.8 Å². The quantitative estimate of drug-likeness (QED) is 0.873. The maximum Gasteiger partial charge on any atom is 0.138 e. The molecule has 0 atom stereocenters. The normalized spacial score (nSPS) is 10.0. The fourth-order valence-corrected chi connectivity index (χ4v) is 1.72. The van der Waals surface area contributed by atoms with Crippen molar-refractivity contribution < 1.29 is 0 Å². The summed E-state index contributed by atoms with van der Waals surface area (Å²) in [6.07, 6.45) is 1.58. The molecule has 0 bridgehead atoms. The highest BCUT2D eigenvalue weighted by Gasteiger charge is 2.08. The number of nitrogens with one attached hydrogen (secondary N) is 1. The third-order valence-corrected chi connectivity index (χ3v) is 2.57. The summed E-state index contributed by atoms with van der Waals surface area (Å²) in [7, 11) is 1.85. The molecule has 0 saturated heterocycles. The molecule has 0 spiro atoms. The average Bonchev–Trinajstić information content (AvgIpc) is 2.41. The SMILES string of the molecule is CCN(c1ccccc1)c1cc(NC)ncn1. The molecule has 0 unspecified atom stereocenters. The first-order chi connectivity index (χ1) is 8.35. The summed E-state index contributed by atoms with van der Waals surface area (Å²) in [4.78, 5) is 10.6. The predicted octanol–water partition coefficient (Wildman–Crippen LogP) is 2.68. The maximum absolute atomic E-state index is 4.31. The lowest BCUT2D eigenvalue weighted by Crippen LogP contribution is -2.17. The molecule has 1 aromatic carbocycles. The first-order valence-electron chi connectivity index (χ1n) is 5.67. The van der Waals surface area contributed by atoms with Crippen molar-refractivity contribution in [1.29, 1.82) is 0 Å². The second kappa shape index (κ2) is 5.30. The van der Waals surface area contributed by atoms with Gasteiger partial charge in [0.2, 0.25) is 0 Å². The van der Waals surface area contributed by atoms with Gasteiger partial charge in [-0.2, -0.15) is 0 Å². The highest BCUT2D eigenvalue weighted by molar-refractivity contribution is 5.61. The van der Waals surface area contributed by atoms with Crippen LogP contribution in [0, 0.1) is 0 Å². The molecule has 0 saturated carbocycles. The maximum atomic E-state index is 4.31. The first-order valence-corrected chi connectivity index (χ1v) is 5.67. The van der Waals surface area contributed by atoms with Crippen LogP contribution in [0.3, 0.4) is 0 Å². The number of hydrogen-bond donors (Lipinski definition) is 1. The molecule has 1 heterocycles. The average molecular weight is 228 g/mol. The van der Waals surface area contributed by atoms with Crippen LogP contribution < -0.4 is 10.2 Å². The summed E-state index contributed by atoms with van der Waals surface area (Å²) in [6.45, 7) is 2.97. The summed E-state index contributed by atoms with van der Waals surface area (Å²) in [6, 6.07) is 12.2. The van der Waals surface area contributed by atoms with Crippen LogP contribution >= 0.6 is 0 Å². The molecule has 0 amide bonds. The standard InChI is InChI=1S/C13H16N4/c1-3-17(11-7-5-4-6-8-11)13-9-12(14-2)15-10-16-13/h4-10H,3H2,1-2H3,(H,14,15,16). The lowest BCUT2D eigenvalue weighted by molar-refractivity contribution is 0.976. The van der Waals surface area contributed by atoms with E-state index < -0.39 is 0 Å². The summed E-state index contributed by atoms with van der Waals surface area (Å²) >= 11 is 0. The fourth-order valence-electron chi connectivity index (χ4n) is 1.72. The molecule has 2 aromatic rings. The molecule has 2 rings (SSSR count). The zero-order chi connectivity index (χ0) is 12.1. The van der Waals surface area contributed by atoms with Crippen LogP contribution in [-0.4, -0.2) is 23.6 Å². The molecule has 1 aromatic heterocycles. The van der Waals surface area contributed by atoms with E-state index in [2.05, 4.69) is 39.2 Å². The molecular weight excluding hydrogens is 212 g/mol. The molecule has 0 fully saturated rings. The summed E-state index contributed by atoms with van der Waals surface area (Å²) in [5, 5.41) is 3.02. The fraction of sp³-hybridized carbons (Fsp3) is 0.231. The van der Waals surface area contributed by atoms with Gasteiger partial charge in [-0.25, -0.2) is 9.97 Å². The Labute approximate surface area is 101 Å².